The minimum atomic E-state index is -4.04. The van der Waals surface area contributed by atoms with E-state index in [1.165, 1.54) is 42.1 Å². The number of carbonyl (C=O) groups is 2. The zero-order valence-electron chi connectivity index (χ0n) is 17.3. The highest BCUT2D eigenvalue weighted by Gasteiger charge is 2.35. The van der Waals surface area contributed by atoms with Crippen molar-refractivity contribution in [1.82, 2.24) is 4.72 Å². The predicted molar refractivity (Wildman–Crippen MR) is 129 cm³/mol. The molecule has 1 heterocycles. The molecule has 1 saturated heterocycles. The minimum absolute atomic E-state index is 0.0331. The van der Waals surface area contributed by atoms with Crippen molar-refractivity contribution in [1.29, 1.82) is 0 Å². The van der Waals surface area contributed by atoms with Crippen molar-refractivity contribution < 1.29 is 22.4 Å². The van der Waals surface area contributed by atoms with Crippen LogP contribution >= 0.6 is 27.7 Å². The Morgan fingerprint density at radius 3 is 2.39 bits per heavy atom. The van der Waals surface area contributed by atoms with Gasteiger partial charge in [-0.2, -0.15) is 0 Å². The first-order chi connectivity index (χ1) is 15.7. The van der Waals surface area contributed by atoms with E-state index in [9.17, 15) is 22.4 Å². The topological polar surface area (TPSA) is 83.6 Å². The van der Waals surface area contributed by atoms with E-state index in [0.717, 1.165) is 5.56 Å². The molecule has 1 fully saturated rings. The highest BCUT2D eigenvalue weighted by atomic mass is 79.9. The number of nitrogens with zero attached hydrogens (tertiary/aromatic N) is 1. The number of aryl methyl sites for hydroxylation is 1. The summed E-state index contributed by atoms with van der Waals surface area (Å²) in [5.41, 5.74) is 2.17. The van der Waals surface area contributed by atoms with Crippen molar-refractivity contribution in [2.24, 2.45) is 0 Å². The number of hydrogen-bond donors (Lipinski definition) is 1. The van der Waals surface area contributed by atoms with Crippen LogP contribution in [0.15, 0.2) is 76.1 Å². The number of thioether (sulfide) groups is 1. The molecule has 0 radical (unpaired) electrons. The van der Waals surface area contributed by atoms with E-state index in [-0.39, 0.29) is 33.3 Å². The lowest BCUT2D eigenvalue weighted by molar-refractivity contribution is -0.115. The summed E-state index contributed by atoms with van der Waals surface area (Å²) in [7, 11) is -4.04. The molecular formula is C23H18BrFN2O4S2. The number of hydrogen-bond acceptors (Lipinski definition) is 5. The molecule has 0 saturated carbocycles. The molecule has 2 amide bonds. The van der Waals surface area contributed by atoms with Gasteiger partial charge >= 0.3 is 0 Å². The average Bonchev–Trinajstić information content (AvgIpc) is 3.15. The number of benzene rings is 3. The summed E-state index contributed by atoms with van der Waals surface area (Å²) in [5.74, 6) is -0.962. The van der Waals surface area contributed by atoms with Crippen molar-refractivity contribution in [2.45, 2.75) is 17.2 Å². The van der Waals surface area contributed by atoms with Gasteiger partial charge in [-0.05, 0) is 72.6 Å². The van der Waals surface area contributed by atoms with Crippen LogP contribution in [0.2, 0.25) is 0 Å². The Labute approximate surface area is 203 Å². The van der Waals surface area contributed by atoms with E-state index in [1.807, 2.05) is 0 Å². The molecule has 0 spiro atoms. The lowest BCUT2D eigenvalue weighted by Crippen LogP contribution is -2.31. The van der Waals surface area contributed by atoms with Crippen molar-refractivity contribution in [3.05, 3.63) is 93.7 Å². The molecule has 1 unspecified atom stereocenters. The number of sulfonamides is 1. The summed E-state index contributed by atoms with van der Waals surface area (Å²) in [6.07, 6.45) is 0. The quantitative estimate of drug-likeness (QED) is 0.495. The van der Waals surface area contributed by atoms with Gasteiger partial charge in [0.25, 0.3) is 15.9 Å². The largest absolute Gasteiger partial charge is 0.295 e. The Kier molecular flexibility index (Phi) is 6.60. The van der Waals surface area contributed by atoms with Gasteiger partial charge in [0.1, 0.15) is 11.2 Å². The fourth-order valence-corrected chi connectivity index (χ4v) is 5.89. The fraction of sp³-hybridized carbons (Fsp3) is 0.130. The molecule has 1 N–H and O–H groups in total. The molecule has 1 aliphatic rings. The van der Waals surface area contributed by atoms with E-state index < -0.39 is 15.9 Å². The maximum absolute atomic E-state index is 13.3. The van der Waals surface area contributed by atoms with Crippen LogP contribution in [0.25, 0.3) is 0 Å². The minimum Gasteiger partial charge on any atom is -0.295 e. The molecule has 0 aromatic heterocycles. The van der Waals surface area contributed by atoms with Crippen molar-refractivity contribution >= 4 is 55.2 Å². The molecule has 170 valence electrons. The number of amides is 2. The van der Waals surface area contributed by atoms with Crippen molar-refractivity contribution in [2.75, 3.05) is 10.7 Å². The molecule has 6 nitrogen and oxygen atoms in total. The van der Waals surface area contributed by atoms with E-state index in [4.69, 9.17) is 0 Å². The maximum Gasteiger partial charge on any atom is 0.265 e. The third-order valence-corrected chi connectivity index (χ3v) is 8.18. The van der Waals surface area contributed by atoms with Gasteiger partial charge in [0.2, 0.25) is 5.91 Å². The highest BCUT2D eigenvalue weighted by molar-refractivity contribution is 9.10. The zero-order chi connectivity index (χ0) is 23.8. The molecule has 33 heavy (non-hydrogen) atoms. The van der Waals surface area contributed by atoms with Gasteiger partial charge in [0.05, 0.1) is 10.6 Å². The first kappa shape index (κ1) is 23.5. The molecule has 0 bridgehead atoms. The lowest BCUT2D eigenvalue weighted by Gasteiger charge is -2.26. The number of carbonyl (C=O) groups excluding carboxylic acids is 2. The average molecular weight is 549 g/mol. The standard InChI is InChI=1S/C23H18BrFN2O4S2/c1-14-12-16(22(29)26-33(30,31)19-9-5-17(24)6-10-19)4-11-20(14)27-21(28)13-32-23(27)15-2-7-18(25)8-3-15/h2-12,23H,13H2,1H3,(H,26,29). The van der Waals surface area contributed by atoms with Gasteiger partial charge in [-0.15, -0.1) is 11.8 Å². The molecule has 3 aromatic rings. The Balaban J connectivity index is 1.58. The van der Waals surface area contributed by atoms with Gasteiger partial charge < -0.3 is 0 Å². The van der Waals surface area contributed by atoms with E-state index in [1.54, 1.807) is 48.2 Å². The van der Waals surface area contributed by atoms with Crippen LogP contribution in [0.1, 0.15) is 26.9 Å². The normalized spacial score (nSPS) is 16.2. The van der Waals surface area contributed by atoms with Crippen LogP contribution in [0.5, 0.6) is 0 Å². The first-order valence-electron chi connectivity index (χ1n) is 9.78. The van der Waals surface area contributed by atoms with Crippen LogP contribution in [-0.2, 0) is 14.8 Å². The zero-order valence-corrected chi connectivity index (χ0v) is 20.5. The second kappa shape index (κ2) is 9.28. The third-order valence-electron chi connectivity index (χ3n) is 5.09. The second-order valence-electron chi connectivity index (χ2n) is 7.37. The first-order valence-corrected chi connectivity index (χ1v) is 13.1. The van der Waals surface area contributed by atoms with E-state index in [0.29, 0.717) is 15.7 Å². The van der Waals surface area contributed by atoms with E-state index in [2.05, 4.69) is 20.7 Å². The fourth-order valence-electron chi connectivity index (χ4n) is 3.48. The second-order valence-corrected chi connectivity index (χ2v) is 11.0. The molecule has 10 heteroatoms. The van der Waals surface area contributed by atoms with Gasteiger partial charge in [-0.25, -0.2) is 17.5 Å². The summed E-state index contributed by atoms with van der Waals surface area (Å²) in [6, 6.07) is 16.5. The van der Waals surface area contributed by atoms with Crippen LogP contribution < -0.4 is 9.62 Å². The van der Waals surface area contributed by atoms with Gasteiger partial charge in [-0.3, -0.25) is 14.5 Å². The number of halogens is 2. The Morgan fingerprint density at radius 1 is 1.09 bits per heavy atom. The van der Waals surface area contributed by atoms with Crippen molar-refractivity contribution in [3.63, 3.8) is 0 Å². The van der Waals surface area contributed by atoms with Crippen LogP contribution in [0.3, 0.4) is 0 Å². The predicted octanol–water partition coefficient (Wildman–Crippen LogP) is 4.79. The molecular weight excluding hydrogens is 531 g/mol. The molecule has 4 rings (SSSR count). The third kappa shape index (κ3) is 4.97. The molecule has 3 aromatic carbocycles. The Bertz CT molecular complexity index is 1330. The number of anilines is 1. The molecule has 1 aliphatic heterocycles. The van der Waals surface area contributed by atoms with Gasteiger partial charge in [-0.1, -0.05) is 28.1 Å². The maximum atomic E-state index is 13.3. The van der Waals surface area contributed by atoms with Gasteiger partial charge in [0.15, 0.2) is 0 Å². The van der Waals surface area contributed by atoms with Gasteiger partial charge in [0, 0.05) is 15.7 Å². The summed E-state index contributed by atoms with van der Waals surface area (Å²) < 4.78 is 41.2. The lowest BCUT2D eigenvalue weighted by atomic mass is 10.1. The monoisotopic (exact) mass is 548 g/mol. The van der Waals surface area contributed by atoms with E-state index >= 15 is 0 Å². The highest BCUT2D eigenvalue weighted by Crippen LogP contribution is 2.42. The smallest absolute Gasteiger partial charge is 0.265 e. The summed E-state index contributed by atoms with van der Waals surface area (Å²) in [4.78, 5) is 26.9. The molecule has 0 aliphatic carbocycles. The summed E-state index contributed by atoms with van der Waals surface area (Å²) in [5, 5.41) is -0.325. The summed E-state index contributed by atoms with van der Waals surface area (Å²) in [6.45, 7) is 1.74. The Morgan fingerprint density at radius 2 is 1.76 bits per heavy atom. The summed E-state index contributed by atoms with van der Waals surface area (Å²) >= 11 is 4.67. The van der Waals surface area contributed by atoms with Crippen LogP contribution in [0.4, 0.5) is 10.1 Å². The van der Waals surface area contributed by atoms with Crippen LogP contribution in [0, 0.1) is 12.7 Å². The van der Waals surface area contributed by atoms with Crippen LogP contribution in [-0.4, -0.2) is 26.0 Å². The SMILES string of the molecule is Cc1cc(C(=O)NS(=O)(=O)c2ccc(Br)cc2)ccc1N1C(=O)CSC1c1ccc(F)cc1. The van der Waals surface area contributed by atoms with Crippen molar-refractivity contribution in [3.8, 4) is 0 Å². The number of rotatable bonds is 5. The molecule has 1 atom stereocenters. The number of nitrogens with one attached hydrogen (secondary N) is 1. The Hall–Kier alpha value is -2.69.